The molecule has 0 radical (unpaired) electrons. The summed E-state index contributed by atoms with van der Waals surface area (Å²) < 4.78 is 0. The van der Waals surface area contributed by atoms with Crippen LogP contribution in [0.25, 0.3) is 0 Å². The molecule has 0 fully saturated rings. The molecule has 0 saturated heterocycles. The molecule has 0 aromatic heterocycles. The largest absolute Gasteiger partial charge is 0.481 e. The topological polar surface area (TPSA) is 74.6 Å². The maximum Gasteiger partial charge on any atom is 0.303 e. The molecular weight excluding hydrogens is 537 g/mol. The van der Waals surface area contributed by atoms with Gasteiger partial charge in [0.1, 0.15) is 0 Å². The van der Waals surface area contributed by atoms with Gasteiger partial charge in [-0.25, -0.2) is 0 Å². The van der Waals surface area contributed by atoms with Crippen LogP contribution in [-0.2, 0) is 9.59 Å². The van der Waals surface area contributed by atoms with Crippen LogP contribution in [0.5, 0.6) is 0 Å². The Morgan fingerprint density at radius 1 is 0.300 bits per heavy atom. The zero-order valence-electron chi connectivity index (χ0n) is 26.2. The van der Waals surface area contributed by atoms with Crippen molar-refractivity contribution in [3.63, 3.8) is 0 Å². The van der Waals surface area contributed by atoms with Gasteiger partial charge in [-0.2, -0.15) is 0 Å². The van der Waals surface area contributed by atoms with E-state index in [1.54, 1.807) is 0 Å². The number of rotatable bonds is 35. The average molecular weight is 603 g/mol. The molecule has 0 aliphatic heterocycles. The molecule has 0 saturated carbocycles. The summed E-state index contributed by atoms with van der Waals surface area (Å²) in [7, 11) is 4.19. The Hall–Kier alpha value is -0.360. The van der Waals surface area contributed by atoms with Gasteiger partial charge in [0.05, 0.1) is 0 Å². The molecule has 0 aromatic rings. The Balaban J connectivity index is 3.04. The summed E-state index contributed by atoms with van der Waals surface area (Å²) in [6, 6.07) is 0. The fourth-order valence-corrected chi connectivity index (χ4v) is 7.53. The Labute approximate surface area is 256 Å². The first-order valence-electron chi connectivity index (χ1n) is 17.3. The van der Waals surface area contributed by atoms with E-state index in [0.29, 0.717) is 12.8 Å². The highest BCUT2D eigenvalue weighted by Gasteiger charge is 1.99. The van der Waals surface area contributed by atoms with Gasteiger partial charge in [0.2, 0.25) is 0 Å². The second kappa shape index (κ2) is 34.8. The standard InChI is InChI=1S/C34H66O4S2/c35-33(36)29-25-21-17-13-9-5-1-3-7-11-15-19-23-27-31-39-40-32-28-24-20-16-12-8-4-2-6-10-14-18-22-26-30-34(37)38/h1-32H2,(H,35,36)(H,37,38). The van der Waals surface area contributed by atoms with Crippen LogP contribution in [0.15, 0.2) is 0 Å². The van der Waals surface area contributed by atoms with Crippen molar-refractivity contribution in [2.24, 2.45) is 0 Å². The number of aliphatic carboxylic acids is 2. The van der Waals surface area contributed by atoms with Gasteiger partial charge in [0, 0.05) is 24.3 Å². The van der Waals surface area contributed by atoms with Crippen LogP contribution < -0.4 is 0 Å². The average Bonchev–Trinajstić information content (AvgIpc) is 2.93. The highest BCUT2D eigenvalue weighted by atomic mass is 33.1. The van der Waals surface area contributed by atoms with Crippen molar-refractivity contribution in [3.8, 4) is 0 Å². The van der Waals surface area contributed by atoms with Gasteiger partial charge < -0.3 is 10.2 Å². The van der Waals surface area contributed by atoms with E-state index in [4.69, 9.17) is 10.2 Å². The van der Waals surface area contributed by atoms with Crippen LogP contribution in [0.1, 0.15) is 193 Å². The van der Waals surface area contributed by atoms with Gasteiger partial charge in [0.25, 0.3) is 0 Å². The molecule has 0 spiro atoms. The van der Waals surface area contributed by atoms with Crippen LogP contribution in [0.2, 0.25) is 0 Å². The summed E-state index contributed by atoms with van der Waals surface area (Å²) in [4.78, 5) is 20.9. The molecule has 0 unspecified atom stereocenters. The van der Waals surface area contributed by atoms with Gasteiger partial charge in [-0.1, -0.05) is 176 Å². The lowest BCUT2D eigenvalue weighted by Gasteiger charge is -2.04. The first kappa shape index (κ1) is 39.6. The Morgan fingerprint density at radius 2 is 0.475 bits per heavy atom. The maximum absolute atomic E-state index is 10.5. The number of carboxylic acids is 2. The van der Waals surface area contributed by atoms with Crippen molar-refractivity contribution in [1.29, 1.82) is 0 Å². The summed E-state index contributed by atoms with van der Waals surface area (Å²) in [6.07, 6.45) is 37.3. The Bertz CT molecular complexity index is 484. The highest BCUT2D eigenvalue weighted by Crippen LogP contribution is 2.25. The van der Waals surface area contributed by atoms with E-state index in [1.807, 2.05) is 0 Å². The Kier molecular flexibility index (Phi) is 34.5. The number of hydrogen-bond donors (Lipinski definition) is 2. The normalized spacial score (nSPS) is 11.3. The third-order valence-corrected chi connectivity index (χ3v) is 10.4. The third-order valence-electron chi connectivity index (χ3n) is 7.82. The number of carbonyl (C=O) groups is 2. The lowest BCUT2D eigenvalue weighted by atomic mass is 10.0. The fourth-order valence-electron chi connectivity index (χ4n) is 5.23. The summed E-state index contributed by atoms with van der Waals surface area (Å²) in [5, 5.41) is 17.3. The van der Waals surface area contributed by atoms with Crippen LogP contribution >= 0.6 is 21.6 Å². The molecule has 2 N–H and O–H groups in total. The van der Waals surface area contributed by atoms with E-state index >= 15 is 0 Å². The van der Waals surface area contributed by atoms with Crippen molar-refractivity contribution in [2.75, 3.05) is 11.5 Å². The molecule has 0 amide bonds. The van der Waals surface area contributed by atoms with E-state index in [9.17, 15) is 9.59 Å². The minimum atomic E-state index is -0.656. The van der Waals surface area contributed by atoms with Gasteiger partial charge in [-0.05, 0) is 25.7 Å². The molecule has 0 aromatic carbocycles. The zero-order valence-corrected chi connectivity index (χ0v) is 27.8. The van der Waals surface area contributed by atoms with E-state index in [-0.39, 0.29) is 0 Å². The van der Waals surface area contributed by atoms with Crippen LogP contribution in [0.3, 0.4) is 0 Å². The minimum Gasteiger partial charge on any atom is -0.481 e. The molecule has 0 aliphatic rings. The zero-order chi connectivity index (χ0) is 29.2. The van der Waals surface area contributed by atoms with Crippen molar-refractivity contribution in [3.05, 3.63) is 0 Å². The fraction of sp³-hybridized carbons (Fsp3) is 0.941. The van der Waals surface area contributed by atoms with E-state index in [2.05, 4.69) is 21.6 Å². The molecule has 40 heavy (non-hydrogen) atoms. The van der Waals surface area contributed by atoms with Crippen molar-refractivity contribution in [2.45, 2.75) is 193 Å². The molecular formula is C34H66O4S2. The maximum atomic E-state index is 10.5. The quantitative estimate of drug-likeness (QED) is 0.0555. The second-order valence-electron chi connectivity index (χ2n) is 11.8. The minimum absolute atomic E-state index is 0.337. The van der Waals surface area contributed by atoms with Gasteiger partial charge in [-0.15, -0.1) is 0 Å². The lowest BCUT2D eigenvalue weighted by molar-refractivity contribution is -0.138. The number of carboxylic acid groups (broad SMARTS) is 2. The van der Waals surface area contributed by atoms with Gasteiger partial charge in [0.15, 0.2) is 0 Å². The SMILES string of the molecule is O=C(O)CCCCCCCCCCCCCCCCSSCCCCCCCCCCCCCCCCC(=O)O. The lowest BCUT2D eigenvalue weighted by Crippen LogP contribution is -1.93. The molecule has 0 rings (SSSR count). The van der Waals surface area contributed by atoms with Crippen molar-refractivity contribution in [1.82, 2.24) is 0 Å². The first-order chi connectivity index (χ1) is 19.6. The molecule has 0 bridgehead atoms. The van der Waals surface area contributed by atoms with E-state index < -0.39 is 11.9 Å². The van der Waals surface area contributed by atoms with Crippen molar-refractivity contribution < 1.29 is 19.8 Å². The second-order valence-corrected chi connectivity index (χ2v) is 14.5. The summed E-state index contributed by atoms with van der Waals surface area (Å²) in [6.45, 7) is 0. The predicted octanol–water partition coefficient (Wildman–Crippen LogP) is 12.2. The van der Waals surface area contributed by atoms with Crippen molar-refractivity contribution >= 4 is 33.5 Å². The number of hydrogen-bond acceptors (Lipinski definition) is 4. The smallest absolute Gasteiger partial charge is 0.303 e. The predicted molar refractivity (Wildman–Crippen MR) is 179 cm³/mol. The molecule has 6 heteroatoms. The van der Waals surface area contributed by atoms with Gasteiger partial charge >= 0.3 is 11.9 Å². The molecule has 238 valence electrons. The van der Waals surface area contributed by atoms with E-state index in [0.717, 1.165) is 25.7 Å². The summed E-state index contributed by atoms with van der Waals surface area (Å²) in [5.74, 6) is 1.34. The summed E-state index contributed by atoms with van der Waals surface area (Å²) in [5.41, 5.74) is 0. The molecule has 4 nitrogen and oxygen atoms in total. The monoisotopic (exact) mass is 602 g/mol. The van der Waals surface area contributed by atoms with E-state index in [1.165, 1.54) is 166 Å². The Morgan fingerprint density at radius 3 is 0.675 bits per heavy atom. The van der Waals surface area contributed by atoms with Crippen LogP contribution in [0.4, 0.5) is 0 Å². The van der Waals surface area contributed by atoms with Gasteiger partial charge in [-0.3, -0.25) is 9.59 Å². The molecule has 0 heterocycles. The first-order valence-corrected chi connectivity index (χ1v) is 19.8. The third kappa shape index (κ3) is 37.6. The molecule has 0 aliphatic carbocycles. The van der Waals surface area contributed by atoms with Crippen LogP contribution in [0, 0.1) is 0 Å². The number of unbranched alkanes of at least 4 members (excludes halogenated alkanes) is 26. The molecule has 0 atom stereocenters. The van der Waals surface area contributed by atoms with Crippen LogP contribution in [-0.4, -0.2) is 33.7 Å². The highest BCUT2D eigenvalue weighted by molar-refractivity contribution is 8.76. The summed E-state index contributed by atoms with van der Waals surface area (Å²) >= 11 is 0.